The Morgan fingerprint density at radius 1 is 1.00 bits per heavy atom. The summed E-state index contributed by atoms with van der Waals surface area (Å²) in [7, 11) is 0. The Kier molecular flexibility index (Phi) is 4.63. The van der Waals surface area contributed by atoms with E-state index >= 15 is 0 Å². The van der Waals surface area contributed by atoms with E-state index in [1.165, 1.54) is 0 Å². The average molecular weight is 186 g/mol. The second-order valence-corrected chi connectivity index (χ2v) is 1.74. The number of hydrogen-bond acceptors (Lipinski definition) is 4. The second-order valence-electron chi connectivity index (χ2n) is 1.74. The number of esters is 1. The predicted molar refractivity (Wildman–Crippen MR) is 40.0 cm³/mol. The molecule has 6 heteroatoms. The highest BCUT2D eigenvalue weighted by Gasteiger charge is 2.01. The molecule has 0 atom stereocenters. The topological polar surface area (TPSA) is 101 Å². The maximum Gasteiger partial charge on any atom is 0.513 e. The third kappa shape index (κ3) is 7.79. The van der Waals surface area contributed by atoms with E-state index in [9.17, 15) is 14.4 Å². The van der Waals surface area contributed by atoms with Gasteiger partial charge in [0.05, 0.1) is 0 Å². The summed E-state index contributed by atoms with van der Waals surface area (Å²) in [6.07, 6.45) is 1.97. The Hall–Kier alpha value is -2.11. The van der Waals surface area contributed by atoms with Crippen molar-refractivity contribution in [1.29, 1.82) is 0 Å². The molecule has 0 aromatic rings. The van der Waals surface area contributed by atoms with E-state index < -0.39 is 18.1 Å². The molecular formula is C7H6O6. The molecule has 0 rings (SSSR count). The van der Waals surface area contributed by atoms with Crippen LogP contribution in [0, 0.1) is 0 Å². The number of carboxylic acid groups (broad SMARTS) is 2. The monoisotopic (exact) mass is 186 g/mol. The predicted octanol–water partition coefficient (Wildman–Crippen LogP) is 0.405. The van der Waals surface area contributed by atoms with E-state index in [0.29, 0.717) is 0 Å². The van der Waals surface area contributed by atoms with E-state index in [0.717, 1.165) is 24.3 Å². The third-order valence-corrected chi connectivity index (χ3v) is 0.770. The van der Waals surface area contributed by atoms with Crippen molar-refractivity contribution in [1.82, 2.24) is 0 Å². The maximum atomic E-state index is 10.4. The Morgan fingerprint density at radius 2 is 1.54 bits per heavy atom. The quantitative estimate of drug-likeness (QED) is 0.286. The van der Waals surface area contributed by atoms with Crippen LogP contribution in [-0.4, -0.2) is 28.3 Å². The lowest BCUT2D eigenvalue weighted by molar-refractivity contribution is -0.133. The number of allylic oxidation sites excluding steroid dienone is 2. The minimum absolute atomic E-state index is 0.782. The van der Waals surface area contributed by atoms with Gasteiger partial charge in [0.1, 0.15) is 0 Å². The summed E-state index contributed by atoms with van der Waals surface area (Å²) >= 11 is 0. The Bertz CT molecular complexity index is 275. The van der Waals surface area contributed by atoms with Gasteiger partial charge in [-0.1, -0.05) is 12.2 Å². The van der Waals surface area contributed by atoms with E-state index in [4.69, 9.17) is 10.2 Å². The molecule has 0 heterocycles. The number of carbonyl (C=O) groups is 3. The summed E-state index contributed by atoms with van der Waals surface area (Å²) in [5, 5.41) is 16.0. The van der Waals surface area contributed by atoms with Crippen molar-refractivity contribution in [3.63, 3.8) is 0 Å². The molecule has 0 bridgehead atoms. The lowest BCUT2D eigenvalue weighted by atomic mass is 10.4. The number of carbonyl (C=O) groups excluding carboxylic acids is 1. The fourth-order valence-electron chi connectivity index (χ4n) is 0.392. The van der Waals surface area contributed by atoms with Gasteiger partial charge in [-0.15, -0.1) is 0 Å². The van der Waals surface area contributed by atoms with Crippen LogP contribution in [0.3, 0.4) is 0 Å². The number of ether oxygens (including phenoxy) is 1. The van der Waals surface area contributed by atoms with Gasteiger partial charge < -0.3 is 14.9 Å². The molecule has 2 N–H and O–H groups in total. The van der Waals surface area contributed by atoms with Crippen molar-refractivity contribution in [2.24, 2.45) is 0 Å². The van der Waals surface area contributed by atoms with Gasteiger partial charge in [0.15, 0.2) is 0 Å². The fourth-order valence-corrected chi connectivity index (χ4v) is 0.392. The molecule has 13 heavy (non-hydrogen) atoms. The SMILES string of the molecule is O=C(O)/C=C/C=C/C(=O)OC(=O)O. The molecule has 0 radical (unpaired) electrons. The maximum absolute atomic E-state index is 10.4. The molecule has 0 amide bonds. The van der Waals surface area contributed by atoms with Crippen LogP contribution in [0.25, 0.3) is 0 Å². The number of aliphatic carboxylic acids is 1. The molecular weight excluding hydrogens is 180 g/mol. The zero-order chi connectivity index (χ0) is 10.3. The summed E-state index contributed by atoms with van der Waals surface area (Å²) < 4.78 is 3.67. The number of hydrogen-bond donors (Lipinski definition) is 2. The van der Waals surface area contributed by atoms with Gasteiger partial charge in [-0.3, -0.25) is 0 Å². The molecule has 6 nitrogen and oxygen atoms in total. The molecule has 0 aliphatic rings. The Labute approximate surface area is 72.7 Å². The first-order valence-electron chi connectivity index (χ1n) is 3.05. The first-order valence-corrected chi connectivity index (χ1v) is 3.05. The third-order valence-electron chi connectivity index (χ3n) is 0.770. The minimum Gasteiger partial charge on any atom is -0.478 e. The van der Waals surface area contributed by atoms with Gasteiger partial charge in [0.25, 0.3) is 0 Å². The van der Waals surface area contributed by atoms with Crippen LogP contribution in [0.15, 0.2) is 24.3 Å². The largest absolute Gasteiger partial charge is 0.513 e. The molecule has 0 unspecified atom stereocenters. The molecule has 0 aromatic heterocycles. The van der Waals surface area contributed by atoms with Crippen LogP contribution in [-0.2, 0) is 14.3 Å². The van der Waals surface area contributed by atoms with Crippen LogP contribution in [0.1, 0.15) is 0 Å². The minimum atomic E-state index is -1.71. The summed E-state index contributed by atoms with van der Waals surface area (Å²) in [6.45, 7) is 0. The highest BCUT2D eigenvalue weighted by molar-refractivity contribution is 5.89. The van der Waals surface area contributed by atoms with E-state index in [1.54, 1.807) is 0 Å². The van der Waals surface area contributed by atoms with Crippen LogP contribution in [0.2, 0.25) is 0 Å². The summed E-state index contributed by atoms with van der Waals surface area (Å²) in [4.78, 5) is 30.1. The van der Waals surface area contributed by atoms with E-state index in [-0.39, 0.29) is 0 Å². The molecule has 0 aliphatic carbocycles. The van der Waals surface area contributed by atoms with Gasteiger partial charge >= 0.3 is 18.1 Å². The Morgan fingerprint density at radius 3 is 2.00 bits per heavy atom. The molecule has 0 saturated carbocycles. The molecule has 0 saturated heterocycles. The van der Waals surface area contributed by atoms with E-state index in [1.807, 2.05) is 0 Å². The molecule has 0 aliphatic heterocycles. The molecule has 70 valence electrons. The fraction of sp³-hybridized carbons (Fsp3) is 0. The highest BCUT2D eigenvalue weighted by Crippen LogP contribution is 1.84. The number of carboxylic acids is 1. The van der Waals surface area contributed by atoms with E-state index in [2.05, 4.69) is 4.74 Å². The second kappa shape index (κ2) is 5.53. The Balaban J connectivity index is 3.91. The first-order chi connectivity index (χ1) is 6.02. The van der Waals surface area contributed by atoms with Gasteiger partial charge in [-0.2, -0.15) is 0 Å². The summed E-state index contributed by atoms with van der Waals surface area (Å²) in [5.41, 5.74) is 0. The van der Waals surface area contributed by atoms with Crippen molar-refractivity contribution < 1.29 is 29.3 Å². The number of rotatable bonds is 3. The van der Waals surface area contributed by atoms with Crippen LogP contribution in [0.5, 0.6) is 0 Å². The molecule has 0 spiro atoms. The van der Waals surface area contributed by atoms with Crippen LogP contribution < -0.4 is 0 Å². The average Bonchev–Trinajstić information content (AvgIpc) is 1.96. The lowest BCUT2D eigenvalue weighted by Crippen LogP contribution is -2.06. The van der Waals surface area contributed by atoms with Crippen molar-refractivity contribution >= 4 is 18.1 Å². The van der Waals surface area contributed by atoms with Crippen molar-refractivity contribution in [3.8, 4) is 0 Å². The van der Waals surface area contributed by atoms with Gasteiger partial charge in [-0.25, -0.2) is 14.4 Å². The standard InChI is InChI=1S/C7H6O6/c8-5(9)3-1-2-4-6(10)13-7(11)12/h1-4H,(H,8,9)(H,11,12)/b3-1+,4-2+. The molecule has 0 aromatic carbocycles. The highest BCUT2D eigenvalue weighted by atomic mass is 16.7. The summed E-state index contributed by atoms with van der Waals surface area (Å²) in [5.74, 6) is -2.25. The van der Waals surface area contributed by atoms with Gasteiger partial charge in [0, 0.05) is 12.2 Å². The van der Waals surface area contributed by atoms with Crippen LogP contribution >= 0.6 is 0 Å². The van der Waals surface area contributed by atoms with Crippen molar-refractivity contribution in [2.75, 3.05) is 0 Å². The van der Waals surface area contributed by atoms with Crippen LogP contribution in [0.4, 0.5) is 4.79 Å². The zero-order valence-corrected chi connectivity index (χ0v) is 6.34. The summed E-state index contributed by atoms with van der Waals surface area (Å²) in [6, 6.07) is 0. The zero-order valence-electron chi connectivity index (χ0n) is 6.34. The van der Waals surface area contributed by atoms with Crippen molar-refractivity contribution in [3.05, 3.63) is 24.3 Å². The van der Waals surface area contributed by atoms with Gasteiger partial charge in [-0.05, 0) is 0 Å². The van der Waals surface area contributed by atoms with Gasteiger partial charge in [0.2, 0.25) is 0 Å². The first kappa shape index (κ1) is 10.9. The smallest absolute Gasteiger partial charge is 0.478 e. The molecule has 0 fully saturated rings. The van der Waals surface area contributed by atoms with Crippen molar-refractivity contribution in [2.45, 2.75) is 0 Å². The normalized spacial score (nSPS) is 10.5. The lowest BCUT2D eigenvalue weighted by Gasteiger charge is -1.88.